The van der Waals surface area contributed by atoms with Crippen molar-refractivity contribution in [3.63, 3.8) is 0 Å². The van der Waals surface area contributed by atoms with E-state index in [2.05, 4.69) is 6.57 Å². The lowest BCUT2D eigenvalue weighted by molar-refractivity contribution is 0.318. The third-order valence-electron chi connectivity index (χ3n) is 0. The van der Waals surface area contributed by atoms with Crippen LogP contribution in [0.4, 0.5) is 0 Å². The van der Waals surface area contributed by atoms with Crippen LogP contribution in [0.5, 0.6) is 0 Å². The molecule has 8 heavy (non-hydrogen) atoms. The van der Waals surface area contributed by atoms with Gasteiger partial charge in [-0.3, -0.25) is 0 Å². The van der Waals surface area contributed by atoms with Crippen molar-refractivity contribution >= 4 is 0 Å². The van der Waals surface area contributed by atoms with Crippen LogP contribution < -0.4 is 0 Å². The molecule has 0 saturated heterocycles. The zero-order valence-corrected chi connectivity index (χ0v) is 5.33. The molecule has 0 aromatic rings. The Kier molecular flexibility index (Phi) is 185. The summed E-state index contributed by atoms with van der Waals surface area (Å²) in [7, 11) is 0. The van der Waals surface area contributed by atoms with Gasteiger partial charge in [-0.1, -0.05) is 0 Å². The molecule has 0 unspecified atom stereocenters. The highest BCUT2D eigenvalue weighted by Crippen LogP contribution is 1.30. The molecule has 0 aliphatic carbocycles. The van der Waals surface area contributed by atoms with Crippen LogP contribution >= 0.6 is 0 Å². The van der Waals surface area contributed by atoms with Crippen LogP contribution in [0.25, 0.3) is 0 Å². The van der Waals surface area contributed by atoms with Crippen LogP contribution in [0, 0.1) is 11.8 Å². The molecule has 0 amide bonds. The van der Waals surface area contributed by atoms with Gasteiger partial charge in [-0.2, -0.15) is 0 Å². The van der Waals surface area contributed by atoms with E-state index in [4.69, 9.17) is 15.5 Å². The quantitative estimate of drug-likeness (QED) is 0.476. The molecule has 0 saturated carbocycles. The molecule has 0 fully saturated rings. The zero-order chi connectivity index (χ0) is 7.41. The minimum Gasteiger partial charge on any atom is -0.397 e. The molecule has 0 radical (unpaired) electrons. The Morgan fingerprint density at radius 1 is 1.12 bits per heavy atom. The molecule has 2 N–H and O–H groups in total. The van der Waals surface area contributed by atoms with E-state index in [9.17, 15) is 0 Å². The van der Waals surface area contributed by atoms with Gasteiger partial charge in [0, 0.05) is 19.8 Å². The Morgan fingerprint density at radius 2 is 1.12 bits per heavy atom. The molecule has 0 aromatic heterocycles. The van der Waals surface area contributed by atoms with Gasteiger partial charge in [-0.05, 0) is 13.8 Å². The van der Waals surface area contributed by atoms with E-state index < -0.39 is 0 Å². The lowest BCUT2D eigenvalue weighted by Crippen LogP contribution is -1.57. The van der Waals surface area contributed by atoms with Crippen LogP contribution in [0.2, 0.25) is 0 Å². The van der Waals surface area contributed by atoms with E-state index in [1.54, 1.807) is 13.8 Å². The van der Waals surface area contributed by atoms with Crippen LogP contribution in [0.3, 0.4) is 0 Å². The number of nitriles is 1. The number of nitrogens with zero attached hydrogens (tertiary/aromatic N) is 1. The first kappa shape index (κ1) is 15.7. The molecular formula is C5H13NO2. The normalized spacial score (nSPS) is 4.75. The van der Waals surface area contributed by atoms with E-state index in [0.717, 1.165) is 0 Å². The van der Waals surface area contributed by atoms with E-state index in [1.165, 1.54) is 0 Å². The first-order valence-corrected chi connectivity index (χ1v) is 2.30. The molecule has 0 bridgehead atoms. The highest BCUT2D eigenvalue weighted by molar-refractivity contribution is 4.03. The summed E-state index contributed by atoms with van der Waals surface area (Å²) in [6.07, 6.45) is 0. The highest BCUT2D eigenvalue weighted by atomic mass is 16.3. The SMILES string of the molecule is C#N.CCO.CCO. The van der Waals surface area contributed by atoms with Gasteiger partial charge in [-0.15, -0.1) is 0 Å². The van der Waals surface area contributed by atoms with E-state index in [1.807, 2.05) is 0 Å². The minimum absolute atomic E-state index is 0.250. The maximum atomic E-state index is 7.57. The van der Waals surface area contributed by atoms with Crippen molar-refractivity contribution in [1.82, 2.24) is 0 Å². The van der Waals surface area contributed by atoms with Crippen LogP contribution in [-0.4, -0.2) is 23.4 Å². The predicted molar refractivity (Wildman–Crippen MR) is 32.2 cm³/mol. The van der Waals surface area contributed by atoms with Gasteiger partial charge in [0.1, 0.15) is 0 Å². The molecule has 0 aliphatic heterocycles. The van der Waals surface area contributed by atoms with Gasteiger partial charge in [-0.25, -0.2) is 5.26 Å². The predicted octanol–water partition coefficient (Wildman–Crippen LogP) is 0.137. The van der Waals surface area contributed by atoms with Gasteiger partial charge in [0.15, 0.2) is 0 Å². The summed E-state index contributed by atoms with van der Waals surface area (Å²) < 4.78 is 0. The van der Waals surface area contributed by atoms with Gasteiger partial charge in [0.2, 0.25) is 0 Å². The van der Waals surface area contributed by atoms with Crippen molar-refractivity contribution in [3.05, 3.63) is 0 Å². The molecule has 3 heteroatoms. The standard InChI is InChI=1S/2C2H6O.CHN/c2*1-2-3;1-2/h2*3H,2H2,1H3;1H. The molecule has 0 atom stereocenters. The largest absolute Gasteiger partial charge is 0.397 e. The first-order valence-electron chi connectivity index (χ1n) is 2.30. The van der Waals surface area contributed by atoms with Gasteiger partial charge >= 0.3 is 0 Å². The van der Waals surface area contributed by atoms with E-state index >= 15 is 0 Å². The summed E-state index contributed by atoms with van der Waals surface area (Å²) in [6.45, 7) is 7.36. The fourth-order valence-electron chi connectivity index (χ4n) is 0. The molecule has 3 nitrogen and oxygen atoms in total. The second-order valence-corrected chi connectivity index (χ2v) is 0.632. The summed E-state index contributed by atoms with van der Waals surface area (Å²) >= 11 is 0. The van der Waals surface area contributed by atoms with Crippen molar-refractivity contribution < 1.29 is 10.2 Å². The number of aliphatic hydroxyl groups excluding tert-OH is 2. The fraction of sp³-hybridized carbons (Fsp3) is 0.800. The monoisotopic (exact) mass is 119 g/mol. The topological polar surface area (TPSA) is 64.2 Å². The first-order chi connectivity index (χ1) is 3.83. The van der Waals surface area contributed by atoms with E-state index in [0.29, 0.717) is 0 Å². The molecule has 0 heterocycles. The summed E-state index contributed by atoms with van der Waals surface area (Å²) in [5.74, 6) is 0. The van der Waals surface area contributed by atoms with Crippen LogP contribution in [-0.2, 0) is 0 Å². The summed E-state index contributed by atoms with van der Waals surface area (Å²) in [5.41, 5.74) is 0. The maximum absolute atomic E-state index is 7.57. The van der Waals surface area contributed by atoms with Gasteiger partial charge in [0.05, 0.1) is 0 Å². The lowest BCUT2D eigenvalue weighted by Gasteiger charge is -1.52. The fourth-order valence-corrected chi connectivity index (χ4v) is 0. The van der Waals surface area contributed by atoms with Crippen molar-refractivity contribution in [2.75, 3.05) is 13.2 Å². The molecule has 0 aliphatic rings. The second kappa shape index (κ2) is 94.4. The van der Waals surface area contributed by atoms with Crippen molar-refractivity contribution in [1.29, 1.82) is 5.26 Å². The van der Waals surface area contributed by atoms with Crippen molar-refractivity contribution in [2.24, 2.45) is 0 Å². The summed E-state index contributed by atoms with van der Waals surface area (Å²) in [6, 6.07) is 0. The highest BCUT2D eigenvalue weighted by Gasteiger charge is 1.34. The van der Waals surface area contributed by atoms with Gasteiger partial charge in [0.25, 0.3) is 0 Å². The smallest absolute Gasteiger partial charge is 0.0462 e. The van der Waals surface area contributed by atoms with Crippen LogP contribution in [0.15, 0.2) is 0 Å². The number of aliphatic hydroxyl groups is 2. The van der Waals surface area contributed by atoms with Crippen molar-refractivity contribution in [2.45, 2.75) is 13.8 Å². The van der Waals surface area contributed by atoms with Crippen LogP contribution in [0.1, 0.15) is 13.8 Å². The third-order valence-corrected chi connectivity index (χ3v) is 0. The molecule has 0 spiro atoms. The Balaban J connectivity index is -0.0000000483. The minimum atomic E-state index is 0.250. The molecular weight excluding hydrogens is 106 g/mol. The average Bonchev–Trinajstić information content (AvgIpc) is 1.75. The average molecular weight is 119 g/mol. The molecule has 0 rings (SSSR count). The van der Waals surface area contributed by atoms with Crippen molar-refractivity contribution in [3.8, 4) is 6.57 Å². The number of hydrogen-bond donors (Lipinski definition) is 2. The summed E-state index contributed by atoms with van der Waals surface area (Å²) in [4.78, 5) is 0. The maximum Gasteiger partial charge on any atom is 0.0462 e. The Morgan fingerprint density at radius 3 is 1.12 bits per heavy atom. The van der Waals surface area contributed by atoms with E-state index in [-0.39, 0.29) is 13.2 Å². The Bertz CT molecular complexity index is 26.9. The Hall–Kier alpha value is -0.590. The number of hydrogen-bond acceptors (Lipinski definition) is 3. The lowest BCUT2D eigenvalue weighted by atomic mass is 10.9. The Labute approximate surface area is 50.2 Å². The van der Waals surface area contributed by atoms with Gasteiger partial charge < -0.3 is 10.2 Å². The molecule has 50 valence electrons. The third kappa shape index (κ3) is 302. The summed E-state index contributed by atoms with van der Waals surface area (Å²) in [5, 5.41) is 21.6. The second-order valence-electron chi connectivity index (χ2n) is 0.632. The zero-order valence-electron chi connectivity index (χ0n) is 5.33. The molecule has 0 aromatic carbocycles. The number of rotatable bonds is 0.